The van der Waals surface area contributed by atoms with Crippen LogP contribution in [0, 0.1) is 17.6 Å². The molecule has 2 rings (SSSR count). The zero-order chi connectivity index (χ0) is 17.0. The first-order valence-corrected chi connectivity index (χ1v) is 7.74. The van der Waals surface area contributed by atoms with Crippen molar-refractivity contribution in [2.75, 3.05) is 19.6 Å². The predicted molar refractivity (Wildman–Crippen MR) is 80.4 cm³/mol. The van der Waals surface area contributed by atoms with Gasteiger partial charge in [-0.3, -0.25) is 9.59 Å². The number of likely N-dealkylation sites (tertiary alicyclic amines) is 1. The number of quaternary nitrogens is 1. The Kier molecular flexibility index (Phi) is 5.65. The Hall–Kier alpha value is -2.02. The van der Waals surface area contributed by atoms with Gasteiger partial charge in [-0.05, 0) is 25.8 Å². The van der Waals surface area contributed by atoms with Gasteiger partial charge in [0.15, 0.2) is 6.54 Å². The van der Waals surface area contributed by atoms with Crippen molar-refractivity contribution in [1.29, 1.82) is 0 Å². The molecule has 4 N–H and O–H groups in total. The molecule has 3 atom stereocenters. The maximum absolute atomic E-state index is 13.7. The van der Waals surface area contributed by atoms with Crippen LogP contribution in [0.4, 0.5) is 8.78 Å². The molecule has 126 valence electrons. The lowest BCUT2D eigenvalue weighted by Gasteiger charge is -2.28. The molecule has 5 nitrogen and oxygen atoms in total. The molecule has 1 aromatic carbocycles. The number of nitrogens with two attached hydrogens (primary N) is 1. The molecular formula is C16H22F2N3O2+. The number of amides is 2. The summed E-state index contributed by atoms with van der Waals surface area (Å²) >= 11 is 0. The first-order chi connectivity index (χ1) is 10.9. The highest BCUT2D eigenvalue weighted by molar-refractivity contribution is 5.78. The third-order valence-corrected chi connectivity index (χ3v) is 4.24. The Morgan fingerprint density at radius 2 is 2.17 bits per heavy atom. The van der Waals surface area contributed by atoms with Gasteiger partial charge in [0.25, 0.3) is 5.91 Å². The van der Waals surface area contributed by atoms with Gasteiger partial charge in [0, 0.05) is 11.6 Å². The van der Waals surface area contributed by atoms with Crippen LogP contribution in [0.5, 0.6) is 0 Å². The Morgan fingerprint density at radius 1 is 1.43 bits per heavy atom. The number of nitrogens with one attached hydrogen (secondary N) is 2. The summed E-state index contributed by atoms with van der Waals surface area (Å²) in [6.07, 6.45) is 1.61. The van der Waals surface area contributed by atoms with Gasteiger partial charge in [0.1, 0.15) is 11.6 Å². The Morgan fingerprint density at radius 3 is 2.83 bits per heavy atom. The van der Waals surface area contributed by atoms with Gasteiger partial charge in [-0.1, -0.05) is 6.07 Å². The van der Waals surface area contributed by atoms with Gasteiger partial charge in [-0.25, -0.2) is 8.78 Å². The molecule has 1 aromatic rings. The van der Waals surface area contributed by atoms with Crippen molar-refractivity contribution in [3.63, 3.8) is 0 Å². The second-order valence-corrected chi connectivity index (χ2v) is 6.08. The van der Waals surface area contributed by atoms with E-state index in [0.29, 0.717) is 6.54 Å². The number of hydrogen-bond donors (Lipinski definition) is 3. The average molecular weight is 326 g/mol. The van der Waals surface area contributed by atoms with Crippen molar-refractivity contribution >= 4 is 11.8 Å². The van der Waals surface area contributed by atoms with Gasteiger partial charge >= 0.3 is 0 Å². The van der Waals surface area contributed by atoms with Crippen molar-refractivity contribution in [1.82, 2.24) is 5.32 Å². The molecular weight excluding hydrogens is 304 g/mol. The van der Waals surface area contributed by atoms with Gasteiger partial charge in [0.05, 0.1) is 25.0 Å². The topological polar surface area (TPSA) is 76.6 Å². The molecule has 0 aliphatic carbocycles. The minimum absolute atomic E-state index is 0.196. The van der Waals surface area contributed by atoms with E-state index in [0.717, 1.165) is 36.4 Å². The molecule has 0 saturated carbocycles. The highest BCUT2D eigenvalue weighted by Crippen LogP contribution is 2.17. The lowest BCUT2D eigenvalue weighted by Crippen LogP contribution is -3.15. The highest BCUT2D eigenvalue weighted by atomic mass is 19.1. The smallest absolute Gasteiger partial charge is 0.275 e. The van der Waals surface area contributed by atoms with E-state index in [2.05, 4.69) is 5.32 Å². The van der Waals surface area contributed by atoms with Crippen LogP contribution in [0.25, 0.3) is 0 Å². The SMILES string of the molecule is C[C@H](NC(=O)C[NH+]1CCC[C@H](C(N)=O)C1)c1ccc(F)cc1F. The number of carbonyl (C=O) groups is 2. The fourth-order valence-electron chi connectivity index (χ4n) is 3.00. The molecule has 1 saturated heterocycles. The van der Waals surface area contributed by atoms with E-state index in [-0.39, 0.29) is 29.8 Å². The van der Waals surface area contributed by atoms with Gasteiger partial charge < -0.3 is 16.0 Å². The molecule has 0 aromatic heterocycles. The van der Waals surface area contributed by atoms with Gasteiger partial charge in [-0.2, -0.15) is 0 Å². The third-order valence-electron chi connectivity index (χ3n) is 4.24. The van der Waals surface area contributed by atoms with E-state index in [1.807, 2.05) is 0 Å². The zero-order valence-corrected chi connectivity index (χ0v) is 13.1. The molecule has 23 heavy (non-hydrogen) atoms. The maximum Gasteiger partial charge on any atom is 0.275 e. The largest absolute Gasteiger partial charge is 0.369 e. The summed E-state index contributed by atoms with van der Waals surface area (Å²) in [5.74, 6) is -2.10. The van der Waals surface area contributed by atoms with Crippen molar-refractivity contribution in [3.05, 3.63) is 35.4 Å². The number of benzene rings is 1. The molecule has 1 unspecified atom stereocenters. The van der Waals surface area contributed by atoms with Crippen molar-refractivity contribution in [2.45, 2.75) is 25.8 Å². The van der Waals surface area contributed by atoms with E-state index in [4.69, 9.17) is 5.73 Å². The number of carbonyl (C=O) groups excluding carboxylic acids is 2. The Balaban J connectivity index is 1.90. The molecule has 2 amide bonds. The van der Waals surface area contributed by atoms with E-state index in [1.165, 1.54) is 6.07 Å². The van der Waals surface area contributed by atoms with Crippen molar-refractivity contribution in [2.24, 2.45) is 11.7 Å². The zero-order valence-electron chi connectivity index (χ0n) is 13.1. The van der Waals surface area contributed by atoms with E-state index >= 15 is 0 Å². The predicted octanol–water partition coefficient (Wildman–Crippen LogP) is -0.0778. The summed E-state index contributed by atoms with van der Waals surface area (Å²) in [6, 6.07) is 2.73. The van der Waals surface area contributed by atoms with Crippen LogP contribution in [-0.4, -0.2) is 31.4 Å². The van der Waals surface area contributed by atoms with Crippen LogP contribution < -0.4 is 16.0 Å². The monoisotopic (exact) mass is 326 g/mol. The normalized spacial score (nSPS) is 22.4. The van der Waals surface area contributed by atoms with E-state index < -0.39 is 17.7 Å². The summed E-state index contributed by atoms with van der Waals surface area (Å²) in [5.41, 5.74) is 5.56. The maximum atomic E-state index is 13.7. The number of primary amides is 1. The van der Waals surface area contributed by atoms with E-state index in [1.54, 1.807) is 6.92 Å². The van der Waals surface area contributed by atoms with Crippen molar-refractivity contribution in [3.8, 4) is 0 Å². The molecule has 0 spiro atoms. The number of halogens is 2. The molecule has 1 aliphatic rings. The minimum atomic E-state index is -0.683. The summed E-state index contributed by atoms with van der Waals surface area (Å²) in [4.78, 5) is 24.3. The molecule has 7 heteroatoms. The summed E-state index contributed by atoms with van der Waals surface area (Å²) in [5, 5.41) is 2.71. The fraction of sp³-hybridized carbons (Fsp3) is 0.500. The standard InChI is InChI=1S/C16H21F2N3O2/c1-10(13-5-4-12(17)7-14(13)18)20-15(22)9-21-6-2-3-11(8-21)16(19)23/h4-5,7,10-11H,2-3,6,8-9H2,1H3,(H2,19,23)(H,20,22)/p+1/t10-,11-/m0/s1. The Labute approximate surface area is 133 Å². The van der Waals surface area contributed by atoms with Crippen LogP contribution in [0.3, 0.4) is 0 Å². The fourth-order valence-corrected chi connectivity index (χ4v) is 3.00. The molecule has 1 heterocycles. The summed E-state index contributed by atoms with van der Waals surface area (Å²) in [6.45, 7) is 3.20. The van der Waals surface area contributed by atoms with Crippen LogP contribution in [0.15, 0.2) is 18.2 Å². The second kappa shape index (κ2) is 7.50. The second-order valence-electron chi connectivity index (χ2n) is 6.08. The Bertz CT molecular complexity index is 595. The van der Waals surface area contributed by atoms with Crippen LogP contribution >= 0.6 is 0 Å². The lowest BCUT2D eigenvalue weighted by molar-refractivity contribution is -0.899. The summed E-state index contributed by atoms with van der Waals surface area (Å²) < 4.78 is 26.6. The quantitative estimate of drug-likeness (QED) is 0.708. The number of piperidine rings is 1. The highest BCUT2D eigenvalue weighted by Gasteiger charge is 2.28. The minimum Gasteiger partial charge on any atom is -0.369 e. The average Bonchev–Trinajstić information content (AvgIpc) is 2.47. The third kappa shape index (κ3) is 4.72. The summed E-state index contributed by atoms with van der Waals surface area (Å²) in [7, 11) is 0. The number of rotatable bonds is 5. The van der Waals surface area contributed by atoms with Crippen LogP contribution in [0.1, 0.15) is 31.4 Å². The first kappa shape index (κ1) is 17.3. The van der Waals surface area contributed by atoms with Gasteiger partial charge in [0.2, 0.25) is 5.91 Å². The van der Waals surface area contributed by atoms with Crippen LogP contribution in [0.2, 0.25) is 0 Å². The first-order valence-electron chi connectivity index (χ1n) is 7.74. The number of hydrogen-bond acceptors (Lipinski definition) is 2. The lowest BCUT2D eigenvalue weighted by atomic mass is 9.97. The van der Waals surface area contributed by atoms with Crippen molar-refractivity contribution < 1.29 is 23.3 Å². The molecule has 0 bridgehead atoms. The van der Waals surface area contributed by atoms with Gasteiger partial charge in [-0.15, -0.1) is 0 Å². The van der Waals surface area contributed by atoms with Crippen LogP contribution in [-0.2, 0) is 9.59 Å². The molecule has 1 aliphatic heterocycles. The molecule has 1 fully saturated rings. The van der Waals surface area contributed by atoms with E-state index in [9.17, 15) is 18.4 Å². The molecule has 0 radical (unpaired) electrons.